The first-order valence-electron chi connectivity index (χ1n) is 7.92. The number of rotatable bonds is 3. The standard InChI is InChI=1S/C18H12F5N3O2S/c1-29(27,28)15-7-13(19)12(6-14(15)20)17(8-16(25-26-17)18(21,22)23)11-4-2-3-10(5-11)9-24/h2-8,25-26H,1H3. The van der Waals surface area contributed by atoms with E-state index in [2.05, 4.69) is 5.43 Å². The maximum Gasteiger partial charge on any atom is 0.432 e. The van der Waals surface area contributed by atoms with Crippen LogP contribution >= 0.6 is 0 Å². The molecule has 0 fully saturated rings. The molecule has 1 atom stereocenters. The number of benzene rings is 2. The highest BCUT2D eigenvalue weighted by molar-refractivity contribution is 7.90. The van der Waals surface area contributed by atoms with Crippen molar-refractivity contribution in [1.82, 2.24) is 10.9 Å². The SMILES string of the molecule is CS(=O)(=O)c1cc(F)c(C2(c3cccc(C#N)c3)C=C(C(F)(F)F)NN2)cc1F. The first-order valence-corrected chi connectivity index (χ1v) is 9.81. The third kappa shape index (κ3) is 3.68. The van der Waals surface area contributed by atoms with E-state index in [-0.39, 0.29) is 11.1 Å². The van der Waals surface area contributed by atoms with E-state index in [1.807, 2.05) is 11.5 Å². The predicted molar refractivity (Wildman–Crippen MR) is 91.8 cm³/mol. The number of halogens is 5. The van der Waals surface area contributed by atoms with Crippen molar-refractivity contribution in [2.75, 3.05) is 6.26 Å². The zero-order chi connectivity index (χ0) is 21.6. The molecule has 1 aliphatic heterocycles. The summed E-state index contributed by atoms with van der Waals surface area (Å²) in [4.78, 5) is -0.925. The van der Waals surface area contributed by atoms with Crippen molar-refractivity contribution >= 4 is 9.84 Å². The molecular formula is C18H12F5N3O2S. The number of nitrogens with zero attached hydrogens (tertiary/aromatic N) is 1. The molecule has 0 amide bonds. The Balaban J connectivity index is 2.33. The Morgan fingerprint density at radius 2 is 1.79 bits per heavy atom. The zero-order valence-corrected chi connectivity index (χ0v) is 15.4. The molecule has 1 heterocycles. The van der Waals surface area contributed by atoms with Gasteiger partial charge < -0.3 is 5.43 Å². The number of sulfone groups is 1. The highest BCUT2D eigenvalue weighted by Crippen LogP contribution is 2.40. The average Bonchev–Trinajstić information content (AvgIpc) is 3.09. The lowest BCUT2D eigenvalue weighted by Gasteiger charge is -2.29. The summed E-state index contributed by atoms with van der Waals surface area (Å²) in [6.07, 6.45) is -3.54. The number of nitriles is 1. The molecule has 0 radical (unpaired) electrons. The van der Waals surface area contributed by atoms with Crippen molar-refractivity contribution in [3.63, 3.8) is 0 Å². The maximum atomic E-state index is 14.9. The molecule has 0 saturated heterocycles. The van der Waals surface area contributed by atoms with E-state index in [0.29, 0.717) is 24.5 Å². The van der Waals surface area contributed by atoms with Crippen LogP contribution in [0.4, 0.5) is 22.0 Å². The van der Waals surface area contributed by atoms with Crippen molar-refractivity contribution in [1.29, 1.82) is 5.26 Å². The van der Waals surface area contributed by atoms with Crippen molar-refractivity contribution in [2.24, 2.45) is 0 Å². The van der Waals surface area contributed by atoms with Gasteiger partial charge in [-0.15, -0.1) is 0 Å². The molecule has 2 aromatic rings. The Labute approximate surface area is 162 Å². The summed E-state index contributed by atoms with van der Waals surface area (Å²) in [6, 6.07) is 8.05. The molecule has 1 unspecified atom stereocenters. The van der Waals surface area contributed by atoms with E-state index in [9.17, 15) is 30.4 Å². The highest BCUT2D eigenvalue weighted by Gasteiger charge is 2.46. The molecule has 0 bridgehead atoms. The monoisotopic (exact) mass is 429 g/mol. The Kier molecular flexibility index (Phi) is 4.88. The number of alkyl halides is 3. The van der Waals surface area contributed by atoms with E-state index in [1.165, 1.54) is 24.3 Å². The third-order valence-corrected chi connectivity index (χ3v) is 5.47. The van der Waals surface area contributed by atoms with E-state index in [1.54, 1.807) is 0 Å². The minimum Gasteiger partial charge on any atom is -0.316 e. The smallest absolute Gasteiger partial charge is 0.316 e. The summed E-state index contributed by atoms with van der Waals surface area (Å²) in [5.41, 5.74) is 0.394. The summed E-state index contributed by atoms with van der Waals surface area (Å²) in [5.74, 6) is -2.57. The summed E-state index contributed by atoms with van der Waals surface area (Å²) in [5, 5.41) is 9.08. The summed E-state index contributed by atoms with van der Waals surface area (Å²) < 4.78 is 92.2. The van der Waals surface area contributed by atoms with Gasteiger partial charge in [0, 0.05) is 11.8 Å². The van der Waals surface area contributed by atoms with Gasteiger partial charge in [0.2, 0.25) is 0 Å². The van der Waals surface area contributed by atoms with Crippen LogP contribution < -0.4 is 10.9 Å². The highest BCUT2D eigenvalue weighted by atomic mass is 32.2. The number of hydrogen-bond acceptors (Lipinski definition) is 5. The van der Waals surface area contributed by atoms with Gasteiger partial charge in [-0.1, -0.05) is 12.1 Å². The molecule has 152 valence electrons. The minimum absolute atomic E-state index is 0.00806. The maximum absolute atomic E-state index is 14.9. The lowest BCUT2D eigenvalue weighted by molar-refractivity contribution is -0.0965. The van der Waals surface area contributed by atoms with Crippen LogP contribution in [0.1, 0.15) is 16.7 Å². The van der Waals surface area contributed by atoms with E-state index in [4.69, 9.17) is 5.26 Å². The number of nitrogens with one attached hydrogen (secondary N) is 2. The molecule has 1 aliphatic rings. The van der Waals surface area contributed by atoms with Crippen molar-refractivity contribution in [2.45, 2.75) is 16.6 Å². The quantitative estimate of drug-likeness (QED) is 0.734. The van der Waals surface area contributed by atoms with Crippen molar-refractivity contribution in [3.8, 4) is 6.07 Å². The predicted octanol–water partition coefficient (Wildman–Crippen LogP) is 3.04. The van der Waals surface area contributed by atoms with Gasteiger partial charge >= 0.3 is 6.18 Å². The van der Waals surface area contributed by atoms with Gasteiger partial charge in [0.25, 0.3) is 0 Å². The van der Waals surface area contributed by atoms with Crippen LogP contribution in [0.15, 0.2) is 53.1 Å². The fraction of sp³-hybridized carbons (Fsp3) is 0.167. The van der Waals surface area contributed by atoms with Crippen molar-refractivity contribution < 1.29 is 30.4 Å². The third-order valence-electron chi connectivity index (χ3n) is 4.35. The fourth-order valence-corrected chi connectivity index (χ4v) is 3.74. The van der Waals surface area contributed by atoms with Gasteiger partial charge in [0.15, 0.2) is 9.84 Å². The van der Waals surface area contributed by atoms with E-state index in [0.717, 1.165) is 0 Å². The van der Waals surface area contributed by atoms with Gasteiger partial charge in [0.05, 0.1) is 11.6 Å². The number of allylic oxidation sites excluding steroid dienone is 1. The van der Waals surface area contributed by atoms with Crippen LogP contribution in [0.5, 0.6) is 0 Å². The fourth-order valence-electron chi connectivity index (χ4n) is 3.01. The largest absolute Gasteiger partial charge is 0.432 e. The Morgan fingerprint density at radius 3 is 2.34 bits per heavy atom. The molecule has 0 aromatic heterocycles. The topological polar surface area (TPSA) is 82.0 Å². The van der Waals surface area contributed by atoms with Crippen LogP contribution in [0.25, 0.3) is 0 Å². The van der Waals surface area contributed by atoms with Gasteiger partial charge in [0.1, 0.15) is 27.8 Å². The van der Waals surface area contributed by atoms with Gasteiger partial charge in [-0.3, -0.25) is 0 Å². The molecule has 2 N–H and O–H groups in total. The molecule has 0 aliphatic carbocycles. The lowest BCUT2D eigenvalue weighted by Crippen LogP contribution is -2.44. The van der Waals surface area contributed by atoms with E-state index < -0.39 is 49.3 Å². The normalized spacial score (nSPS) is 19.4. The molecular weight excluding hydrogens is 417 g/mol. The van der Waals surface area contributed by atoms with E-state index >= 15 is 0 Å². The second-order valence-corrected chi connectivity index (χ2v) is 8.33. The second kappa shape index (κ2) is 6.82. The molecule has 0 saturated carbocycles. The van der Waals surface area contributed by atoms with Gasteiger partial charge in [-0.25, -0.2) is 22.6 Å². The molecule has 29 heavy (non-hydrogen) atoms. The van der Waals surface area contributed by atoms with Gasteiger partial charge in [-0.05, 0) is 35.9 Å². The molecule has 11 heteroatoms. The Bertz CT molecular complexity index is 1170. The summed E-state index contributed by atoms with van der Waals surface area (Å²) >= 11 is 0. The lowest BCUT2D eigenvalue weighted by atomic mass is 9.82. The van der Waals surface area contributed by atoms with Crippen molar-refractivity contribution in [3.05, 3.63) is 76.5 Å². The van der Waals surface area contributed by atoms with Crippen LogP contribution in [-0.4, -0.2) is 20.8 Å². The number of hydrogen-bond donors (Lipinski definition) is 2. The molecule has 0 spiro atoms. The first kappa shape index (κ1) is 20.8. The zero-order valence-electron chi connectivity index (χ0n) is 14.6. The van der Waals surface area contributed by atoms with Crippen LogP contribution in [0, 0.1) is 23.0 Å². The summed E-state index contributed by atoms with van der Waals surface area (Å²) in [6.45, 7) is 0. The average molecular weight is 429 g/mol. The van der Waals surface area contributed by atoms with Crippen LogP contribution in [0.2, 0.25) is 0 Å². The number of hydrazine groups is 1. The van der Waals surface area contributed by atoms with Crippen LogP contribution in [-0.2, 0) is 15.4 Å². The van der Waals surface area contributed by atoms with Gasteiger partial charge in [-0.2, -0.15) is 18.4 Å². The van der Waals surface area contributed by atoms with Crippen LogP contribution in [0.3, 0.4) is 0 Å². The minimum atomic E-state index is -4.83. The summed E-state index contributed by atoms with van der Waals surface area (Å²) in [7, 11) is -4.11. The molecule has 2 aromatic carbocycles. The Morgan fingerprint density at radius 1 is 1.10 bits per heavy atom. The molecule has 5 nitrogen and oxygen atoms in total. The Hall–Kier alpha value is -2.97. The second-order valence-electron chi connectivity index (χ2n) is 6.34. The first-order chi connectivity index (χ1) is 13.4. The molecule has 3 rings (SSSR count).